The Bertz CT molecular complexity index is 346. The summed E-state index contributed by atoms with van der Waals surface area (Å²) in [7, 11) is -0.789. The Morgan fingerprint density at radius 3 is 2.05 bits per heavy atom. The van der Waals surface area contributed by atoms with Crippen molar-refractivity contribution < 1.29 is 4.21 Å². The van der Waals surface area contributed by atoms with Gasteiger partial charge in [-0.05, 0) is 72.5 Å². The van der Waals surface area contributed by atoms with Gasteiger partial charge < -0.3 is 9.80 Å². The predicted molar refractivity (Wildman–Crippen MR) is 95.3 cm³/mol. The minimum absolute atomic E-state index is 0.248. The van der Waals surface area contributed by atoms with Crippen LogP contribution < -0.4 is 0 Å². The number of piperazine rings is 1. The molecule has 130 valence electrons. The normalized spacial score (nSPS) is 25.2. The van der Waals surface area contributed by atoms with E-state index >= 15 is 0 Å². The fraction of sp³-hybridized carbons (Fsp3) is 1.00. The van der Waals surface area contributed by atoms with Gasteiger partial charge in [0, 0.05) is 37.5 Å². The molecule has 2 saturated heterocycles. The third kappa shape index (κ3) is 5.29. The van der Waals surface area contributed by atoms with E-state index in [0.717, 1.165) is 32.1 Å². The highest BCUT2D eigenvalue weighted by molar-refractivity contribution is 7.83. The number of nitrogens with zero attached hydrogens (tertiary/aromatic N) is 3. The molecule has 2 aliphatic rings. The maximum Gasteiger partial charge on any atom is 0.0969 e. The van der Waals surface area contributed by atoms with Crippen LogP contribution in [0.15, 0.2) is 0 Å². The predicted octanol–water partition coefficient (Wildman–Crippen LogP) is 2.19. The summed E-state index contributed by atoms with van der Waals surface area (Å²) in [6.07, 6.45) is 4.09. The lowest BCUT2D eigenvalue weighted by molar-refractivity contribution is 0.128. The van der Waals surface area contributed by atoms with E-state index in [2.05, 4.69) is 28.0 Å². The molecule has 0 aromatic carbocycles. The van der Waals surface area contributed by atoms with Gasteiger partial charge in [0.2, 0.25) is 0 Å². The van der Waals surface area contributed by atoms with E-state index in [1.54, 1.807) is 0 Å². The number of likely N-dealkylation sites (tertiary alicyclic amines) is 1. The first-order valence-corrected chi connectivity index (χ1v) is 10.3. The summed E-state index contributed by atoms with van der Waals surface area (Å²) in [5.74, 6) is 0.915. The zero-order chi connectivity index (χ0) is 16.1. The van der Waals surface area contributed by atoms with E-state index in [9.17, 15) is 4.21 Å². The molecule has 2 heterocycles. The second kappa shape index (κ2) is 8.76. The van der Waals surface area contributed by atoms with Crippen molar-refractivity contribution >= 4 is 11.0 Å². The highest BCUT2D eigenvalue weighted by atomic mass is 32.2. The van der Waals surface area contributed by atoms with Crippen LogP contribution in [0.1, 0.15) is 47.0 Å². The minimum atomic E-state index is -0.789. The average Bonchev–Trinajstić information content (AvgIpc) is 2.53. The molecule has 1 unspecified atom stereocenters. The molecule has 0 spiro atoms. The molecule has 0 bridgehead atoms. The van der Waals surface area contributed by atoms with E-state index in [4.69, 9.17) is 0 Å². The first-order valence-electron chi connectivity index (χ1n) is 9.09. The van der Waals surface area contributed by atoms with Crippen molar-refractivity contribution in [3.05, 3.63) is 0 Å². The van der Waals surface area contributed by atoms with Crippen LogP contribution in [0.2, 0.25) is 0 Å². The maximum atomic E-state index is 12.1. The molecule has 0 aromatic rings. The van der Waals surface area contributed by atoms with Crippen LogP contribution in [0.3, 0.4) is 0 Å². The molecular weight excluding hydrogens is 294 g/mol. The van der Waals surface area contributed by atoms with Crippen molar-refractivity contribution in [2.75, 3.05) is 45.8 Å². The van der Waals surface area contributed by atoms with E-state index in [-0.39, 0.29) is 5.25 Å². The largest absolute Gasteiger partial charge is 0.301 e. The summed E-state index contributed by atoms with van der Waals surface area (Å²) in [5.41, 5.74) is 0. The SMILES string of the molecule is CC(C)N1CCC(CCN2CCN(S(=O)C(C)C)CC2)CC1. The van der Waals surface area contributed by atoms with Crippen molar-refractivity contribution in [2.24, 2.45) is 5.92 Å². The number of piperidine rings is 1. The third-order valence-electron chi connectivity index (χ3n) is 5.22. The topological polar surface area (TPSA) is 26.8 Å². The molecular formula is C17H35N3OS. The van der Waals surface area contributed by atoms with Crippen LogP contribution in [0, 0.1) is 5.92 Å². The molecule has 0 aliphatic carbocycles. The van der Waals surface area contributed by atoms with Gasteiger partial charge in [0.25, 0.3) is 0 Å². The first-order chi connectivity index (χ1) is 10.5. The number of rotatable bonds is 6. The molecule has 0 saturated carbocycles. The zero-order valence-electron chi connectivity index (χ0n) is 15.0. The number of hydrogen-bond acceptors (Lipinski definition) is 3. The highest BCUT2D eigenvalue weighted by Gasteiger charge is 2.24. The van der Waals surface area contributed by atoms with Gasteiger partial charge in [-0.3, -0.25) is 0 Å². The average molecular weight is 330 g/mol. The molecule has 2 aliphatic heterocycles. The van der Waals surface area contributed by atoms with Crippen molar-refractivity contribution in [1.29, 1.82) is 0 Å². The van der Waals surface area contributed by atoms with Crippen LogP contribution in [-0.4, -0.2) is 75.4 Å². The molecule has 4 nitrogen and oxygen atoms in total. The summed E-state index contributed by atoms with van der Waals surface area (Å²) in [5, 5.41) is 0.248. The molecule has 5 heteroatoms. The van der Waals surface area contributed by atoms with Gasteiger partial charge in [-0.2, -0.15) is 0 Å². The Morgan fingerprint density at radius 1 is 0.955 bits per heavy atom. The van der Waals surface area contributed by atoms with Gasteiger partial charge in [0.15, 0.2) is 0 Å². The molecule has 0 aromatic heterocycles. The van der Waals surface area contributed by atoms with Gasteiger partial charge in [0.05, 0.1) is 11.0 Å². The smallest absolute Gasteiger partial charge is 0.0969 e. The van der Waals surface area contributed by atoms with E-state index < -0.39 is 11.0 Å². The summed E-state index contributed by atoms with van der Waals surface area (Å²) in [6, 6.07) is 0.704. The van der Waals surface area contributed by atoms with Gasteiger partial charge in [-0.15, -0.1) is 0 Å². The lowest BCUT2D eigenvalue weighted by Crippen LogP contribution is -2.48. The molecule has 1 atom stereocenters. The molecule has 22 heavy (non-hydrogen) atoms. The molecule has 0 radical (unpaired) electrons. The van der Waals surface area contributed by atoms with Crippen molar-refractivity contribution in [2.45, 2.75) is 58.2 Å². The molecule has 2 rings (SSSR count). The van der Waals surface area contributed by atoms with Crippen LogP contribution in [0.5, 0.6) is 0 Å². The summed E-state index contributed by atoms with van der Waals surface area (Å²) in [4.78, 5) is 5.18. The van der Waals surface area contributed by atoms with Gasteiger partial charge in [-0.1, -0.05) is 0 Å². The Balaban J connectivity index is 1.62. The monoisotopic (exact) mass is 329 g/mol. The number of hydrogen-bond donors (Lipinski definition) is 0. The minimum Gasteiger partial charge on any atom is -0.301 e. The van der Waals surface area contributed by atoms with Gasteiger partial charge in [0.1, 0.15) is 0 Å². The fourth-order valence-electron chi connectivity index (χ4n) is 3.55. The highest BCUT2D eigenvalue weighted by Crippen LogP contribution is 2.22. The molecule has 0 amide bonds. The van der Waals surface area contributed by atoms with E-state index in [0.29, 0.717) is 6.04 Å². The van der Waals surface area contributed by atoms with E-state index in [1.807, 2.05) is 13.8 Å². The Labute approximate surface area is 139 Å². The van der Waals surface area contributed by atoms with Crippen LogP contribution in [-0.2, 0) is 11.0 Å². The molecule has 2 fully saturated rings. The van der Waals surface area contributed by atoms with Crippen LogP contribution in [0.25, 0.3) is 0 Å². The quantitative estimate of drug-likeness (QED) is 0.747. The Morgan fingerprint density at radius 2 is 1.55 bits per heavy atom. The fourth-order valence-corrected chi connectivity index (χ4v) is 4.67. The maximum absolute atomic E-state index is 12.1. The standard InChI is InChI=1S/C17H35N3OS/c1-15(2)19-9-6-17(7-10-19)5-8-18-11-13-20(14-12-18)22(21)16(3)4/h15-17H,5-14H2,1-4H3. The zero-order valence-corrected chi connectivity index (χ0v) is 15.8. The lowest BCUT2D eigenvalue weighted by atomic mass is 9.92. The second-order valence-corrected chi connectivity index (χ2v) is 9.47. The second-order valence-electron chi connectivity index (χ2n) is 7.46. The van der Waals surface area contributed by atoms with Crippen molar-refractivity contribution in [3.63, 3.8) is 0 Å². The Hall–Kier alpha value is 0.0300. The molecule has 0 N–H and O–H groups in total. The third-order valence-corrected chi connectivity index (χ3v) is 6.90. The van der Waals surface area contributed by atoms with Crippen molar-refractivity contribution in [1.82, 2.24) is 14.1 Å². The van der Waals surface area contributed by atoms with Gasteiger partial charge >= 0.3 is 0 Å². The Kier molecular flexibility index (Phi) is 7.32. The lowest BCUT2D eigenvalue weighted by Gasteiger charge is -2.37. The summed E-state index contributed by atoms with van der Waals surface area (Å²) < 4.78 is 14.3. The first kappa shape index (κ1) is 18.4. The van der Waals surface area contributed by atoms with Crippen molar-refractivity contribution in [3.8, 4) is 0 Å². The van der Waals surface area contributed by atoms with Crippen LogP contribution in [0.4, 0.5) is 0 Å². The van der Waals surface area contributed by atoms with E-state index in [1.165, 1.54) is 38.9 Å². The van der Waals surface area contributed by atoms with Crippen LogP contribution >= 0.6 is 0 Å². The summed E-state index contributed by atoms with van der Waals surface area (Å²) in [6.45, 7) is 16.6. The van der Waals surface area contributed by atoms with Gasteiger partial charge in [-0.25, -0.2) is 8.51 Å². The summed E-state index contributed by atoms with van der Waals surface area (Å²) >= 11 is 0.